The third-order valence-corrected chi connectivity index (χ3v) is 5.43. The van der Waals surface area contributed by atoms with Gasteiger partial charge in [0.1, 0.15) is 0 Å². The van der Waals surface area contributed by atoms with E-state index in [9.17, 15) is 9.59 Å². The van der Waals surface area contributed by atoms with Crippen LogP contribution in [0.2, 0.25) is 0 Å². The molecule has 2 atom stereocenters. The molecule has 1 heterocycles. The van der Waals surface area contributed by atoms with Crippen molar-refractivity contribution in [2.75, 3.05) is 6.61 Å². The van der Waals surface area contributed by atoms with Gasteiger partial charge in [-0.15, -0.1) is 0 Å². The summed E-state index contributed by atoms with van der Waals surface area (Å²) in [6, 6.07) is -0.0406. The number of primary amides is 1. The lowest BCUT2D eigenvalue weighted by atomic mass is 9.74. The van der Waals surface area contributed by atoms with Gasteiger partial charge in [-0.1, -0.05) is 26.7 Å². The van der Waals surface area contributed by atoms with E-state index in [-0.39, 0.29) is 30.5 Å². The summed E-state index contributed by atoms with van der Waals surface area (Å²) in [5.41, 5.74) is 4.88. The predicted molar refractivity (Wildman–Crippen MR) is 88.9 cm³/mol. The minimum Gasteiger partial charge on any atom is -0.378 e. The van der Waals surface area contributed by atoms with Crippen molar-refractivity contribution in [3.05, 3.63) is 0 Å². The fraction of sp³-hybridized carbons (Fsp3) is 0.882. The molecule has 23 heavy (non-hydrogen) atoms. The van der Waals surface area contributed by atoms with Crippen LogP contribution in [0.4, 0.5) is 4.79 Å². The summed E-state index contributed by atoms with van der Waals surface area (Å²) in [7, 11) is 0. The topological polar surface area (TPSA) is 93.5 Å². The Morgan fingerprint density at radius 3 is 2.52 bits per heavy atom. The monoisotopic (exact) mass is 325 g/mol. The molecule has 0 bridgehead atoms. The van der Waals surface area contributed by atoms with E-state index < -0.39 is 5.54 Å². The molecule has 132 valence electrons. The first-order valence-electron chi connectivity index (χ1n) is 8.96. The SMILES string of the molecule is CCC(CC)C1CC(NC(=O)NC2(CC(N)=O)CCC2)CCO1. The Labute approximate surface area is 138 Å². The molecule has 1 aliphatic heterocycles. The number of nitrogens with one attached hydrogen (secondary N) is 2. The zero-order valence-electron chi connectivity index (χ0n) is 14.4. The molecule has 0 aromatic heterocycles. The fourth-order valence-corrected chi connectivity index (χ4v) is 3.85. The van der Waals surface area contributed by atoms with E-state index in [0.717, 1.165) is 44.9 Å². The van der Waals surface area contributed by atoms with Gasteiger partial charge in [0.05, 0.1) is 11.6 Å². The van der Waals surface area contributed by atoms with Crippen LogP contribution < -0.4 is 16.4 Å². The highest BCUT2D eigenvalue weighted by atomic mass is 16.5. The average Bonchev–Trinajstić information content (AvgIpc) is 2.46. The zero-order valence-corrected chi connectivity index (χ0v) is 14.4. The Morgan fingerprint density at radius 2 is 2.00 bits per heavy atom. The molecule has 6 heteroatoms. The van der Waals surface area contributed by atoms with E-state index in [1.807, 2.05) is 0 Å². The van der Waals surface area contributed by atoms with Gasteiger partial charge in [-0.2, -0.15) is 0 Å². The zero-order chi connectivity index (χ0) is 16.9. The second-order valence-electron chi connectivity index (χ2n) is 7.08. The summed E-state index contributed by atoms with van der Waals surface area (Å²) in [6.07, 6.45) is 7.04. The van der Waals surface area contributed by atoms with Gasteiger partial charge < -0.3 is 21.1 Å². The molecular formula is C17H31N3O3. The van der Waals surface area contributed by atoms with Crippen LogP contribution in [0.1, 0.15) is 65.2 Å². The smallest absolute Gasteiger partial charge is 0.315 e. The molecule has 0 radical (unpaired) electrons. The Morgan fingerprint density at radius 1 is 1.30 bits per heavy atom. The highest BCUT2D eigenvalue weighted by Gasteiger charge is 2.40. The van der Waals surface area contributed by atoms with E-state index in [0.29, 0.717) is 12.5 Å². The van der Waals surface area contributed by atoms with Crippen LogP contribution >= 0.6 is 0 Å². The van der Waals surface area contributed by atoms with Crippen molar-refractivity contribution in [1.82, 2.24) is 10.6 Å². The number of hydrogen-bond donors (Lipinski definition) is 3. The summed E-state index contributed by atoms with van der Waals surface area (Å²) in [4.78, 5) is 23.5. The third kappa shape index (κ3) is 4.83. The number of carbonyl (C=O) groups is 2. The average molecular weight is 325 g/mol. The molecule has 2 unspecified atom stereocenters. The second kappa shape index (κ2) is 7.99. The molecule has 6 nitrogen and oxygen atoms in total. The van der Waals surface area contributed by atoms with Crippen molar-refractivity contribution in [2.24, 2.45) is 11.7 Å². The van der Waals surface area contributed by atoms with Crippen molar-refractivity contribution < 1.29 is 14.3 Å². The first-order valence-corrected chi connectivity index (χ1v) is 8.96. The Bertz CT molecular complexity index is 419. The van der Waals surface area contributed by atoms with Gasteiger partial charge >= 0.3 is 6.03 Å². The minimum atomic E-state index is -0.421. The molecule has 4 N–H and O–H groups in total. The number of amides is 3. The van der Waals surface area contributed by atoms with Crippen LogP contribution in [0.25, 0.3) is 0 Å². The molecule has 1 saturated heterocycles. The first-order chi connectivity index (χ1) is 11.0. The van der Waals surface area contributed by atoms with E-state index in [4.69, 9.17) is 10.5 Å². The van der Waals surface area contributed by atoms with Gasteiger partial charge in [0.2, 0.25) is 5.91 Å². The predicted octanol–water partition coefficient (Wildman–Crippen LogP) is 2.07. The Hall–Kier alpha value is -1.30. The van der Waals surface area contributed by atoms with Crippen LogP contribution in [0.15, 0.2) is 0 Å². The van der Waals surface area contributed by atoms with Gasteiger partial charge in [-0.3, -0.25) is 4.79 Å². The molecule has 1 aliphatic carbocycles. The fourth-order valence-electron chi connectivity index (χ4n) is 3.85. The molecule has 2 rings (SSSR count). The highest BCUT2D eigenvalue weighted by molar-refractivity contribution is 5.79. The maximum Gasteiger partial charge on any atom is 0.315 e. The quantitative estimate of drug-likeness (QED) is 0.669. The van der Waals surface area contributed by atoms with Gasteiger partial charge in [0.25, 0.3) is 0 Å². The lowest BCUT2D eigenvalue weighted by molar-refractivity contribution is -0.120. The summed E-state index contributed by atoms with van der Waals surface area (Å²) >= 11 is 0. The van der Waals surface area contributed by atoms with Crippen molar-refractivity contribution in [3.63, 3.8) is 0 Å². The Balaban J connectivity index is 1.83. The normalized spacial score (nSPS) is 26.4. The van der Waals surface area contributed by atoms with Gasteiger partial charge in [-0.25, -0.2) is 4.79 Å². The molecule has 1 saturated carbocycles. The van der Waals surface area contributed by atoms with Crippen LogP contribution in [-0.2, 0) is 9.53 Å². The van der Waals surface area contributed by atoms with Crippen molar-refractivity contribution >= 4 is 11.9 Å². The van der Waals surface area contributed by atoms with E-state index >= 15 is 0 Å². The molecule has 0 aromatic rings. The maximum absolute atomic E-state index is 12.3. The molecule has 2 fully saturated rings. The minimum absolute atomic E-state index is 0.139. The number of rotatable bonds is 7. The van der Waals surface area contributed by atoms with Gasteiger partial charge in [-0.05, 0) is 38.0 Å². The van der Waals surface area contributed by atoms with E-state index in [2.05, 4.69) is 24.5 Å². The third-order valence-electron chi connectivity index (χ3n) is 5.43. The number of hydrogen-bond acceptors (Lipinski definition) is 3. The molecule has 0 aromatic carbocycles. The second-order valence-corrected chi connectivity index (χ2v) is 7.08. The number of carbonyl (C=O) groups excluding carboxylic acids is 2. The van der Waals surface area contributed by atoms with Crippen LogP contribution in [-0.4, -0.2) is 36.2 Å². The lowest BCUT2D eigenvalue weighted by Gasteiger charge is -2.42. The summed E-state index contributed by atoms with van der Waals surface area (Å²) < 4.78 is 5.89. The maximum atomic E-state index is 12.3. The lowest BCUT2D eigenvalue weighted by Crippen LogP contribution is -2.59. The van der Waals surface area contributed by atoms with E-state index in [1.165, 1.54) is 0 Å². The van der Waals surface area contributed by atoms with Gasteiger partial charge in [0, 0.05) is 19.1 Å². The highest BCUT2D eigenvalue weighted by Crippen LogP contribution is 2.34. The van der Waals surface area contributed by atoms with Gasteiger partial charge in [0.15, 0.2) is 0 Å². The number of urea groups is 1. The van der Waals surface area contributed by atoms with Crippen molar-refractivity contribution in [2.45, 2.75) is 82.9 Å². The molecule has 2 aliphatic rings. The summed E-state index contributed by atoms with van der Waals surface area (Å²) in [5.74, 6) is 0.195. The molecule has 3 amide bonds. The van der Waals surface area contributed by atoms with Crippen molar-refractivity contribution in [3.8, 4) is 0 Å². The van der Waals surface area contributed by atoms with Crippen LogP contribution in [0.3, 0.4) is 0 Å². The van der Waals surface area contributed by atoms with Crippen molar-refractivity contribution in [1.29, 1.82) is 0 Å². The summed E-state index contributed by atoms with van der Waals surface area (Å²) in [6.45, 7) is 5.06. The first kappa shape index (κ1) is 18.0. The van der Waals surface area contributed by atoms with E-state index in [1.54, 1.807) is 0 Å². The van der Waals surface area contributed by atoms with Crippen LogP contribution in [0, 0.1) is 5.92 Å². The largest absolute Gasteiger partial charge is 0.378 e. The summed E-state index contributed by atoms with van der Waals surface area (Å²) in [5, 5.41) is 6.06. The Kier molecular flexibility index (Phi) is 6.27. The number of ether oxygens (including phenoxy) is 1. The molecular weight excluding hydrogens is 294 g/mol. The number of nitrogens with two attached hydrogens (primary N) is 1. The standard InChI is InChI=1S/C17H31N3O3/c1-3-12(4-2)14-10-13(6-9-23-14)19-16(22)20-17(7-5-8-17)11-15(18)21/h12-14H,3-11H2,1-2H3,(H2,18,21)(H2,19,20,22). The van der Waals surface area contributed by atoms with Crippen LogP contribution in [0.5, 0.6) is 0 Å². The molecule has 0 spiro atoms.